The Morgan fingerprint density at radius 1 is 1.00 bits per heavy atom. The average Bonchev–Trinajstić information content (AvgIpc) is 3.17. The van der Waals surface area contributed by atoms with E-state index in [-0.39, 0.29) is 11.3 Å². The summed E-state index contributed by atoms with van der Waals surface area (Å²) in [5.74, 6) is 1.60. The van der Waals surface area contributed by atoms with Gasteiger partial charge in [-0.2, -0.15) is 0 Å². The molecule has 1 heterocycles. The third kappa shape index (κ3) is 6.70. The standard InChI is InChI=1S/C30H30ClNO4S2/c1-30(2,3)21-11-13-23(14-12-21)35-15-8-16-36-27-24(31)17-20(18-25(27)34-4)19-26-28(33)32(29(37)38-26)22-9-6-5-7-10-22/h5-7,9-14,17-19H,8,15-16H2,1-4H3/b26-19+. The summed E-state index contributed by atoms with van der Waals surface area (Å²) < 4.78 is 17.8. The number of rotatable bonds is 9. The maximum absolute atomic E-state index is 13.0. The molecule has 5 nitrogen and oxygen atoms in total. The van der Waals surface area contributed by atoms with Crippen LogP contribution in [0.1, 0.15) is 38.3 Å². The fraction of sp³-hybridized carbons (Fsp3) is 0.267. The third-order valence-corrected chi connectivity index (χ3v) is 7.46. The Morgan fingerprint density at radius 3 is 2.34 bits per heavy atom. The van der Waals surface area contributed by atoms with E-state index in [1.54, 1.807) is 25.3 Å². The molecule has 0 aromatic heterocycles. The Hall–Kier alpha value is -3.00. The molecule has 0 spiro atoms. The number of hydrogen-bond acceptors (Lipinski definition) is 6. The van der Waals surface area contributed by atoms with Gasteiger partial charge in [0.2, 0.25) is 0 Å². The van der Waals surface area contributed by atoms with Crippen LogP contribution in [0.3, 0.4) is 0 Å². The molecule has 198 valence electrons. The van der Waals surface area contributed by atoms with Crippen molar-refractivity contribution in [1.82, 2.24) is 0 Å². The van der Waals surface area contributed by atoms with Crippen LogP contribution in [0, 0.1) is 0 Å². The minimum Gasteiger partial charge on any atom is -0.493 e. The summed E-state index contributed by atoms with van der Waals surface area (Å²) >= 11 is 13.3. The lowest BCUT2D eigenvalue weighted by molar-refractivity contribution is -0.113. The molecule has 0 bridgehead atoms. The summed E-state index contributed by atoms with van der Waals surface area (Å²) in [7, 11) is 1.56. The van der Waals surface area contributed by atoms with Crippen LogP contribution in [0.5, 0.6) is 17.2 Å². The summed E-state index contributed by atoms with van der Waals surface area (Å²) in [5, 5.41) is 0.396. The van der Waals surface area contributed by atoms with E-state index >= 15 is 0 Å². The first kappa shape index (κ1) is 28.0. The van der Waals surface area contributed by atoms with Gasteiger partial charge in [0.05, 0.1) is 35.9 Å². The second-order valence-electron chi connectivity index (χ2n) is 9.71. The Kier molecular flexibility index (Phi) is 9.03. The smallest absolute Gasteiger partial charge is 0.270 e. The van der Waals surface area contributed by atoms with Crippen LogP contribution in [0.25, 0.3) is 6.08 Å². The average molecular weight is 568 g/mol. The largest absolute Gasteiger partial charge is 0.493 e. The van der Waals surface area contributed by atoms with Crippen molar-refractivity contribution in [3.63, 3.8) is 0 Å². The molecule has 3 aromatic carbocycles. The van der Waals surface area contributed by atoms with Crippen molar-refractivity contribution >= 4 is 57.6 Å². The molecular formula is C30H30ClNO4S2. The molecule has 3 aromatic rings. The van der Waals surface area contributed by atoms with Crippen LogP contribution in [0.4, 0.5) is 5.69 Å². The van der Waals surface area contributed by atoms with Gasteiger partial charge in [0.25, 0.3) is 5.91 Å². The number of hydrogen-bond donors (Lipinski definition) is 0. The fourth-order valence-electron chi connectivity index (χ4n) is 3.86. The maximum atomic E-state index is 13.0. The second-order valence-corrected chi connectivity index (χ2v) is 11.8. The number of carbonyl (C=O) groups excluding carboxylic acids is 1. The molecule has 0 saturated carbocycles. The number of thiocarbonyl (C=S) groups is 1. The van der Waals surface area contributed by atoms with Gasteiger partial charge in [0.1, 0.15) is 5.75 Å². The molecular weight excluding hydrogens is 538 g/mol. The van der Waals surface area contributed by atoms with Gasteiger partial charge in [0.15, 0.2) is 15.8 Å². The Balaban J connectivity index is 1.37. The van der Waals surface area contributed by atoms with Crippen LogP contribution >= 0.6 is 35.6 Å². The van der Waals surface area contributed by atoms with Crippen molar-refractivity contribution in [2.75, 3.05) is 25.2 Å². The van der Waals surface area contributed by atoms with Gasteiger partial charge < -0.3 is 14.2 Å². The molecule has 0 radical (unpaired) electrons. The molecule has 1 aliphatic rings. The van der Waals surface area contributed by atoms with Gasteiger partial charge in [-0.1, -0.05) is 86.7 Å². The highest BCUT2D eigenvalue weighted by molar-refractivity contribution is 8.27. The van der Waals surface area contributed by atoms with Crippen LogP contribution in [-0.2, 0) is 10.2 Å². The number of anilines is 1. The predicted octanol–water partition coefficient (Wildman–Crippen LogP) is 7.90. The number of amides is 1. The van der Waals surface area contributed by atoms with E-state index in [0.717, 1.165) is 17.0 Å². The van der Waals surface area contributed by atoms with Gasteiger partial charge in [-0.05, 0) is 59.0 Å². The summed E-state index contributed by atoms with van der Waals surface area (Å²) in [6.45, 7) is 7.47. The van der Waals surface area contributed by atoms with Gasteiger partial charge in [-0.3, -0.25) is 9.69 Å². The Morgan fingerprint density at radius 2 is 1.68 bits per heavy atom. The van der Waals surface area contributed by atoms with Crippen LogP contribution in [-0.4, -0.2) is 30.6 Å². The molecule has 0 unspecified atom stereocenters. The highest BCUT2D eigenvalue weighted by atomic mass is 35.5. The van der Waals surface area contributed by atoms with E-state index in [9.17, 15) is 4.79 Å². The zero-order chi connectivity index (χ0) is 27.3. The highest BCUT2D eigenvalue weighted by Crippen LogP contribution is 2.40. The Bertz CT molecular complexity index is 1330. The minimum absolute atomic E-state index is 0.109. The summed E-state index contributed by atoms with van der Waals surface area (Å²) in [6.07, 6.45) is 2.43. The van der Waals surface area contributed by atoms with Crippen molar-refractivity contribution in [3.8, 4) is 17.2 Å². The van der Waals surface area contributed by atoms with Gasteiger partial charge in [-0.15, -0.1) is 0 Å². The highest BCUT2D eigenvalue weighted by Gasteiger charge is 2.33. The lowest BCUT2D eigenvalue weighted by Gasteiger charge is -2.19. The minimum atomic E-state index is -0.172. The van der Waals surface area contributed by atoms with E-state index < -0.39 is 0 Å². The van der Waals surface area contributed by atoms with Crippen molar-refractivity contribution in [2.24, 2.45) is 0 Å². The SMILES string of the molecule is COc1cc(/C=C2/SC(=S)N(c3ccccc3)C2=O)cc(Cl)c1OCCCOc1ccc(C(C)(C)C)cc1. The monoisotopic (exact) mass is 567 g/mol. The van der Waals surface area contributed by atoms with Gasteiger partial charge in [0, 0.05) is 6.42 Å². The molecule has 1 saturated heterocycles. The first-order valence-corrected chi connectivity index (χ1v) is 13.8. The summed E-state index contributed by atoms with van der Waals surface area (Å²) in [5.41, 5.74) is 2.83. The lowest BCUT2D eigenvalue weighted by atomic mass is 9.87. The quantitative estimate of drug-likeness (QED) is 0.149. The number of benzene rings is 3. The van der Waals surface area contributed by atoms with E-state index in [4.69, 9.17) is 38.0 Å². The van der Waals surface area contributed by atoms with E-state index in [1.807, 2.05) is 42.5 Å². The van der Waals surface area contributed by atoms with Crippen LogP contribution in [0.2, 0.25) is 5.02 Å². The third-order valence-electron chi connectivity index (χ3n) is 5.88. The summed E-state index contributed by atoms with van der Waals surface area (Å²) in [4.78, 5) is 15.1. The number of methoxy groups -OCH3 is 1. The first-order valence-electron chi connectivity index (χ1n) is 12.2. The van der Waals surface area contributed by atoms with E-state index in [2.05, 4.69) is 32.9 Å². The molecule has 0 atom stereocenters. The molecule has 1 aliphatic heterocycles. The lowest BCUT2D eigenvalue weighted by Crippen LogP contribution is -2.27. The number of halogens is 1. The normalized spacial score (nSPS) is 14.8. The van der Waals surface area contributed by atoms with Crippen molar-refractivity contribution < 1.29 is 19.0 Å². The van der Waals surface area contributed by atoms with E-state index in [1.165, 1.54) is 22.2 Å². The Labute approximate surface area is 238 Å². The maximum Gasteiger partial charge on any atom is 0.270 e. The fourth-order valence-corrected chi connectivity index (χ4v) is 5.43. The number of ether oxygens (including phenoxy) is 3. The van der Waals surface area contributed by atoms with Crippen molar-refractivity contribution in [2.45, 2.75) is 32.6 Å². The van der Waals surface area contributed by atoms with Crippen molar-refractivity contribution in [3.05, 3.63) is 87.8 Å². The molecule has 0 aliphatic carbocycles. The van der Waals surface area contributed by atoms with E-state index in [0.29, 0.717) is 45.4 Å². The van der Waals surface area contributed by atoms with Crippen LogP contribution in [0.15, 0.2) is 71.6 Å². The topological polar surface area (TPSA) is 48.0 Å². The van der Waals surface area contributed by atoms with Crippen LogP contribution < -0.4 is 19.1 Å². The number of thioether (sulfide) groups is 1. The molecule has 8 heteroatoms. The number of nitrogens with zero attached hydrogens (tertiary/aromatic N) is 1. The predicted molar refractivity (Wildman–Crippen MR) is 161 cm³/mol. The van der Waals surface area contributed by atoms with Crippen molar-refractivity contribution in [1.29, 1.82) is 0 Å². The second kappa shape index (κ2) is 12.2. The number of carbonyl (C=O) groups is 1. The zero-order valence-corrected chi connectivity index (χ0v) is 24.2. The van der Waals surface area contributed by atoms with Gasteiger partial charge in [-0.25, -0.2) is 0 Å². The zero-order valence-electron chi connectivity index (χ0n) is 21.8. The first-order chi connectivity index (χ1) is 18.2. The molecule has 4 rings (SSSR count). The molecule has 0 N–H and O–H groups in total. The molecule has 1 amide bonds. The van der Waals surface area contributed by atoms with Gasteiger partial charge >= 0.3 is 0 Å². The summed E-state index contributed by atoms with van der Waals surface area (Å²) in [6, 6.07) is 21.1. The molecule has 1 fully saturated rings. The number of para-hydroxylation sites is 1. The molecule has 38 heavy (non-hydrogen) atoms.